The smallest absolute Gasteiger partial charge is 0.335 e. The first-order valence-electron chi connectivity index (χ1n) is 6.87. The van der Waals surface area contributed by atoms with Gasteiger partial charge in [0.05, 0.1) is 18.1 Å². The number of rotatable bonds is 7. The Morgan fingerprint density at radius 2 is 2.20 bits per heavy atom. The highest BCUT2D eigenvalue weighted by Crippen LogP contribution is 2.19. The fraction of sp³-hybridized carbons (Fsp3) is 0.533. The molecule has 0 bridgehead atoms. The molecule has 0 aliphatic carbocycles. The van der Waals surface area contributed by atoms with Gasteiger partial charge in [-0.05, 0) is 32.4 Å². The molecule has 5 nitrogen and oxygen atoms in total. The molecule has 1 rings (SSSR count). The Labute approximate surface area is 119 Å². The van der Waals surface area contributed by atoms with E-state index >= 15 is 0 Å². The monoisotopic (exact) mass is 275 g/mol. The van der Waals surface area contributed by atoms with E-state index in [0.717, 1.165) is 18.5 Å². The second kappa shape index (κ2) is 7.49. The van der Waals surface area contributed by atoms with Crippen molar-refractivity contribution in [3.8, 4) is 6.07 Å². The van der Waals surface area contributed by atoms with Crippen LogP contribution in [-0.2, 0) is 6.42 Å². The number of aromatic carboxylic acids is 1. The van der Waals surface area contributed by atoms with E-state index in [-0.39, 0.29) is 11.6 Å². The lowest BCUT2D eigenvalue weighted by Crippen LogP contribution is -2.32. The first kappa shape index (κ1) is 16.0. The van der Waals surface area contributed by atoms with Gasteiger partial charge in [0, 0.05) is 18.3 Å². The average Bonchev–Trinajstić information content (AvgIpc) is 2.39. The van der Waals surface area contributed by atoms with E-state index in [0.29, 0.717) is 18.8 Å². The quantitative estimate of drug-likeness (QED) is 0.828. The third kappa shape index (κ3) is 4.23. The van der Waals surface area contributed by atoms with E-state index in [4.69, 9.17) is 5.26 Å². The fourth-order valence-electron chi connectivity index (χ4n) is 2.03. The van der Waals surface area contributed by atoms with Gasteiger partial charge >= 0.3 is 5.97 Å². The number of hydrogen-bond donors (Lipinski definition) is 1. The predicted molar refractivity (Wildman–Crippen MR) is 77.9 cm³/mol. The van der Waals surface area contributed by atoms with Crippen LogP contribution < -0.4 is 4.90 Å². The van der Waals surface area contributed by atoms with E-state index in [1.165, 1.54) is 0 Å². The summed E-state index contributed by atoms with van der Waals surface area (Å²) >= 11 is 0. The Balaban J connectivity index is 3.18. The molecule has 0 radical (unpaired) electrons. The molecule has 0 amide bonds. The second-order valence-corrected chi connectivity index (χ2v) is 4.96. The van der Waals surface area contributed by atoms with Crippen LogP contribution in [0.2, 0.25) is 0 Å². The molecule has 5 heteroatoms. The highest BCUT2D eigenvalue weighted by atomic mass is 16.4. The summed E-state index contributed by atoms with van der Waals surface area (Å²) < 4.78 is 0. The van der Waals surface area contributed by atoms with Gasteiger partial charge in [-0.25, -0.2) is 9.78 Å². The summed E-state index contributed by atoms with van der Waals surface area (Å²) in [4.78, 5) is 17.7. The van der Waals surface area contributed by atoms with Crippen molar-refractivity contribution in [1.82, 2.24) is 4.98 Å². The number of carboxylic acids is 1. The maximum atomic E-state index is 11.2. The second-order valence-electron chi connectivity index (χ2n) is 4.96. The summed E-state index contributed by atoms with van der Waals surface area (Å²) in [5.41, 5.74) is 1.03. The summed E-state index contributed by atoms with van der Waals surface area (Å²) in [5.74, 6) is -0.311. The van der Waals surface area contributed by atoms with Crippen LogP contribution in [-0.4, -0.2) is 28.6 Å². The van der Waals surface area contributed by atoms with Crippen LogP contribution in [0, 0.1) is 11.3 Å². The number of hydrogen-bond acceptors (Lipinski definition) is 4. The maximum absolute atomic E-state index is 11.2. The zero-order chi connectivity index (χ0) is 15.1. The van der Waals surface area contributed by atoms with Gasteiger partial charge < -0.3 is 10.0 Å². The van der Waals surface area contributed by atoms with Crippen molar-refractivity contribution in [2.45, 2.75) is 46.1 Å². The minimum atomic E-state index is -0.949. The highest BCUT2D eigenvalue weighted by molar-refractivity contribution is 5.88. The lowest BCUT2D eigenvalue weighted by Gasteiger charge is -2.27. The van der Waals surface area contributed by atoms with Gasteiger partial charge in [0.25, 0.3) is 0 Å². The molecule has 1 N–H and O–H groups in total. The fourth-order valence-corrected chi connectivity index (χ4v) is 2.03. The van der Waals surface area contributed by atoms with Crippen molar-refractivity contribution in [2.75, 3.05) is 11.4 Å². The number of nitriles is 1. The lowest BCUT2D eigenvalue weighted by atomic mass is 10.1. The van der Waals surface area contributed by atoms with Crippen molar-refractivity contribution < 1.29 is 9.90 Å². The Hall–Kier alpha value is -2.09. The van der Waals surface area contributed by atoms with Crippen molar-refractivity contribution >= 4 is 11.8 Å². The van der Waals surface area contributed by atoms with E-state index in [1.54, 1.807) is 12.1 Å². The summed E-state index contributed by atoms with van der Waals surface area (Å²) in [6, 6.07) is 5.48. The summed E-state index contributed by atoms with van der Waals surface area (Å²) in [5, 5.41) is 17.9. The third-order valence-electron chi connectivity index (χ3n) is 3.00. The third-order valence-corrected chi connectivity index (χ3v) is 3.00. The van der Waals surface area contributed by atoms with Crippen LogP contribution >= 0.6 is 0 Å². The van der Waals surface area contributed by atoms with Crippen molar-refractivity contribution in [2.24, 2.45) is 0 Å². The normalized spacial score (nSPS) is 10.3. The largest absolute Gasteiger partial charge is 0.478 e. The number of pyridine rings is 1. The predicted octanol–water partition coefficient (Wildman–Crippen LogP) is 2.86. The van der Waals surface area contributed by atoms with Gasteiger partial charge in [0.2, 0.25) is 0 Å². The molecular formula is C15H21N3O2. The molecule has 0 atom stereocenters. The average molecular weight is 275 g/mol. The van der Waals surface area contributed by atoms with Gasteiger partial charge in [-0.15, -0.1) is 0 Å². The minimum Gasteiger partial charge on any atom is -0.478 e. The number of carbonyl (C=O) groups is 1. The van der Waals surface area contributed by atoms with Gasteiger partial charge in [0.1, 0.15) is 5.82 Å². The van der Waals surface area contributed by atoms with Crippen LogP contribution in [0.25, 0.3) is 0 Å². The molecule has 0 saturated carbocycles. The summed E-state index contributed by atoms with van der Waals surface area (Å²) in [6.07, 6.45) is 2.05. The minimum absolute atomic E-state index is 0.161. The molecule has 0 spiro atoms. The molecule has 20 heavy (non-hydrogen) atoms. The van der Waals surface area contributed by atoms with Crippen LogP contribution in [0.3, 0.4) is 0 Å². The molecule has 0 saturated heterocycles. The Kier molecular flexibility index (Phi) is 5.98. The van der Waals surface area contributed by atoms with E-state index in [9.17, 15) is 9.90 Å². The molecule has 1 heterocycles. The summed E-state index contributed by atoms with van der Waals surface area (Å²) in [6.45, 7) is 6.60. The molecule has 0 aliphatic rings. The molecule has 0 aliphatic heterocycles. The molecule has 0 aromatic carbocycles. The standard InChI is InChI=1S/C15H21N3O2/c1-4-6-13-9-12(15(19)20)10-14(17-13)18(11(2)3)8-5-7-16/h9-11H,4-6,8H2,1-3H3,(H,19,20). The SMILES string of the molecule is CCCc1cc(C(=O)O)cc(N(CCC#N)C(C)C)n1. The number of carboxylic acid groups (broad SMARTS) is 1. The van der Waals surface area contributed by atoms with Gasteiger partial charge in [-0.3, -0.25) is 0 Å². The topological polar surface area (TPSA) is 77.2 Å². The maximum Gasteiger partial charge on any atom is 0.335 e. The number of nitrogens with zero attached hydrogens (tertiary/aromatic N) is 3. The van der Waals surface area contributed by atoms with Gasteiger partial charge in [-0.2, -0.15) is 5.26 Å². The van der Waals surface area contributed by atoms with Gasteiger partial charge in [0.15, 0.2) is 0 Å². The van der Waals surface area contributed by atoms with Crippen molar-refractivity contribution in [1.29, 1.82) is 5.26 Å². The van der Waals surface area contributed by atoms with E-state index < -0.39 is 5.97 Å². The van der Waals surface area contributed by atoms with Crippen molar-refractivity contribution in [3.63, 3.8) is 0 Å². The number of aryl methyl sites for hydroxylation is 1. The van der Waals surface area contributed by atoms with E-state index in [1.807, 2.05) is 25.7 Å². The number of aromatic nitrogens is 1. The molecule has 0 unspecified atom stereocenters. The van der Waals surface area contributed by atoms with Crippen LogP contribution in [0.15, 0.2) is 12.1 Å². The molecular weight excluding hydrogens is 254 g/mol. The summed E-state index contributed by atoms with van der Waals surface area (Å²) in [7, 11) is 0. The molecule has 108 valence electrons. The number of anilines is 1. The molecule has 0 fully saturated rings. The van der Waals surface area contributed by atoms with Crippen molar-refractivity contribution in [3.05, 3.63) is 23.4 Å². The Morgan fingerprint density at radius 3 is 2.70 bits per heavy atom. The molecule has 1 aromatic heterocycles. The first-order chi connectivity index (χ1) is 9.49. The first-order valence-corrected chi connectivity index (χ1v) is 6.87. The van der Waals surface area contributed by atoms with Crippen LogP contribution in [0.5, 0.6) is 0 Å². The van der Waals surface area contributed by atoms with Crippen LogP contribution in [0.4, 0.5) is 5.82 Å². The zero-order valence-electron chi connectivity index (χ0n) is 12.3. The zero-order valence-corrected chi connectivity index (χ0v) is 12.3. The van der Waals surface area contributed by atoms with Crippen LogP contribution in [0.1, 0.15) is 49.7 Å². The molecule has 1 aromatic rings. The highest BCUT2D eigenvalue weighted by Gasteiger charge is 2.15. The van der Waals surface area contributed by atoms with E-state index in [2.05, 4.69) is 11.1 Å². The Bertz CT molecular complexity index is 506. The Morgan fingerprint density at radius 1 is 1.50 bits per heavy atom. The lowest BCUT2D eigenvalue weighted by molar-refractivity contribution is 0.0696. The van der Waals surface area contributed by atoms with Gasteiger partial charge in [-0.1, -0.05) is 13.3 Å².